The maximum atomic E-state index is 12.5. The summed E-state index contributed by atoms with van der Waals surface area (Å²) in [6, 6.07) is 5.80. The molecule has 1 amide bonds. The Bertz CT molecular complexity index is 693. The standard InChI is InChI=1S/C19H30N2O3S/c1-15-11-12-16(2)18(13-15)21(25(3,23)24)14-19(22)20-17-9-7-5-4-6-8-10-17/h11-13,17H,4-10,14H2,1-3H3,(H,20,22). The van der Waals surface area contributed by atoms with Gasteiger partial charge in [-0.3, -0.25) is 9.10 Å². The van der Waals surface area contributed by atoms with Gasteiger partial charge in [-0.1, -0.05) is 44.2 Å². The number of carbonyl (C=O) groups is 1. The lowest BCUT2D eigenvalue weighted by atomic mass is 9.97. The number of aryl methyl sites for hydroxylation is 2. The van der Waals surface area contributed by atoms with Crippen LogP contribution in [0.1, 0.15) is 56.1 Å². The number of hydrogen-bond donors (Lipinski definition) is 1. The van der Waals surface area contributed by atoms with Gasteiger partial charge >= 0.3 is 0 Å². The lowest BCUT2D eigenvalue weighted by molar-refractivity contribution is -0.120. The normalized spacial score (nSPS) is 16.8. The molecule has 6 heteroatoms. The highest BCUT2D eigenvalue weighted by atomic mass is 32.2. The van der Waals surface area contributed by atoms with Gasteiger partial charge in [-0.05, 0) is 43.9 Å². The monoisotopic (exact) mass is 366 g/mol. The second kappa shape index (κ2) is 8.70. The van der Waals surface area contributed by atoms with Crippen molar-refractivity contribution in [2.75, 3.05) is 17.1 Å². The Balaban J connectivity index is 2.11. The Hall–Kier alpha value is -1.56. The summed E-state index contributed by atoms with van der Waals surface area (Å²) < 4.78 is 25.8. The van der Waals surface area contributed by atoms with Gasteiger partial charge in [0.1, 0.15) is 6.54 Å². The van der Waals surface area contributed by atoms with Crippen molar-refractivity contribution in [3.63, 3.8) is 0 Å². The van der Waals surface area contributed by atoms with Gasteiger partial charge in [0.15, 0.2) is 0 Å². The minimum absolute atomic E-state index is 0.160. The van der Waals surface area contributed by atoms with E-state index in [0.717, 1.165) is 43.1 Å². The predicted molar refractivity (Wildman–Crippen MR) is 102 cm³/mol. The Morgan fingerprint density at radius 2 is 1.72 bits per heavy atom. The fraction of sp³-hybridized carbons (Fsp3) is 0.632. The van der Waals surface area contributed by atoms with Crippen LogP contribution in [0, 0.1) is 13.8 Å². The van der Waals surface area contributed by atoms with Crippen LogP contribution in [0.25, 0.3) is 0 Å². The molecule has 0 aliphatic heterocycles. The molecule has 0 spiro atoms. The number of nitrogens with zero attached hydrogens (tertiary/aromatic N) is 1. The molecule has 0 saturated heterocycles. The zero-order chi connectivity index (χ0) is 18.4. The zero-order valence-electron chi connectivity index (χ0n) is 15.5. The summed E-state index contributed by atoms with van der Waals surface area (Å²) in [5.41, 5.74) is 2.39. The highest BCUT2D eigenvalue weighted by Gasteiger charge is 2.24. The summed E-state index contributed by atoms with van der Waals surface area (Å²) in [7, 11) is -3.53. The van der Waals surface area contributed by atoms with Crippen LogP contribution in [-0.4, -0.2) is 33.2 Å². The second-order valence-electron chi connectivity index (χ2n) is 7.17. The molecule has 1 aliphatic carbocycles. The van der Waals surface area contributed by atoms with Crippen molar-refractivity contribution in [1.29, 1.82) is 0 Å². The van der Waals surface area contributed by atoms with Crippen molar-refractivity contribution in [3.05, 3.63) is 29.3 Å². The van der Waals surface area contributed by atoms with Crippen LogP contribution in [0.2, 0.25) is 0 Å². The number of anilines is 1. The lowest BCUT2D eigenvalue weighted by Gasteiger charge is -2.26. The number of nitrogens with one attached hydrogen (secondary N) is 1. The third-order valence-electron chi connectivity index (χ3n) is 4.79. The van der Waals surface area contributed by atoms with Crippen molar-refractivity contribution >= 4 is 21.6 Å². The average molecular weight is 367 g/mol. The van der Waals surface area contributed by atoms with E-state index in [1.165, 1.54) is 23.6 Å². The molecule has 0 atom stereocenters. The van der Waals surface area contributed by atoms with Crippen LogP contribution in [0.3, 0.4) is 0 Å². The molecule has 2 rings (SSSR count). The Labute approximate surface area is 151 Å². The molecular weight excluding hydrogens is 336 g/mol. The summed E-state index contributed by atoms with van der Waals surface area (Å²) in [5.74, 6) is -0.225. The third-order valence-corrected chi connectivity index (χ3v) is 5.92. The molecule has 1 saturated carbocycles. The van der Waals surface area contributed by atoms with E-state index < -0.39 is 10.0 Å². The summed E-state index contributed by atoms with van der Waals surface area (Å²) in [6.07, 6.45) is 9.05. The van der Waals surface area contributed by atoms with Crippen molar-refractivity contribution < 1.29 is 13.2 Å². The minimum Gasteiger partial charge on any atom is -0.352 e. The molecule has 0 aromatic heterocycles. The maximum Gasteiger partial charge on any atom is 0.240 e. The summed E-state index contributed by atoms with van der Waals surface area (Å²) in [4.78, 5) is 12.5. The number of carbonyl (C=O) groups excluding carboxylic acids is 1. The molecule has 1 aromatic carbocycles. The van der Waals surface area contributed by atoms with Gasteiger partial charge in [0.25, 0.3) is 0 Å². The average Bonchev–Trinajstić information content (AvgIpc) is 2.49. The minimum atomic E-state index is -3.53. The smallest absolute Gasteiger partial charge is 0.240 e. The molecular formula is C19H30N2O3S. The molecule has 1 aliphatic rings. The fourth-order valence-electron chi connectivity index (χ4n) is 3.37. The van der Waals surface area contributed by atoms with Gasteiger partial charge in [-0.25, -0.2) is 8.42 Å². The van der Waals surface area contributed by atoms with Crippen molar-refractivity contribution in [2.24, 2.45) is 0 Å². The first kappa shape index (κ1) is 19.8. The molecule has 1 N–H and O–H groups in total. The van der Waals surface area contributed by atoms with Crippen LogP contribution in [0.5, 0.6) is 0 Å². The van der Waals surface area contributed by atoms with Gasteiger partial charge in [-0.15, -0.1) is 0 Å². The molecule has 0 bridgehead atoms. The van der Waals surface area contributed by atoms with E-state index >= 15 is 0 Å². The Morgan fingerprint density at radius 1 is 1.12 bits per heavy atom. The van der Waals surface area contributed by atoms with Crippen LogP contribution >= 0.6 is 0 Å². The Morgan fingerprint density at radius 3 is 2.32 bits per heavy atom. The van der Waals surface area contributed by atoms with Gasteiger partial charge in [0.2, 0.25) is 15.9 Å². The lowest BCUT2D eigenvalue weighted by Crippen LogP contribution is -2.44. The molecule has 5 nitrogen and oxygen atoms in total. The number of hydrogen-bond acceptors (Lipinski definition) is 3. The number of rotatable bonds is 5. The van der Waals surface area contributed by atoms with E-state index in [9.17, 15) is 13.2 Å². The van der Waals surface area contributed by atoms with E-state index in [-0.39, 0.29) is 18.5 Å². The summed E-state index contributed by atoms with van der Waals surface area (Å²) >= 11 is 0. The predicted octanol–water partition coefficient (Wildman–Crippen LogP) is 3.30. The van der Waals surface area contributed by atoms with Gasteiger partial charge in [-0.2, -0.15) is 0 Å². The van der Waals surface area contributed by atoms with Crippen LogP contribution in [0.15, 0.2) is 18.2 Å². The van der Waals surface area contributed by atoms with E-state index in [1.54, 1.807) is 0 Å². The van der Waals surface area contributed by atoms with Crippen LogP contribution in [-0.2, 0) is 14.8 Å². The molecule has 25 heavy (non-hydrogen) atoms. The van der Waals surface area contributed by atoms with E-state index in [0.29, 0.717) is 5.69 Å². The first-order chi connectivity index (χ1) is 11.8. The van der Waals surface area contributed by atoms with E-state index in [4.69, 9.17) is 0 Å². The maximum absolute atomic E-state index is 12.5. The molecule has 0 radical (unpaired) electrons. The molecule has 140 valence electrons. The van der Waals surface area contributed by atoms with Gasteiger partial charge in [0, 0.05) is 6.04 Å². The largest absolute Gasteiger partial charge is 0.352 e. The third kappa shape index (κ3) is 6.03. The second-order valence-corrected chi connectivity index (χ2v) is 9.08. The van der Waals surface area contributed by atoms with Crippen molar-refractivity contribution in [2.45, 2.75) is 64.8 Å². The fourth-order valence-corrected chi connectivity index (χ4v) is 4.28. The molecule has 1 fully saturated rings. The number of sulfonamides is 1. The SMILES string of the molecule is Cc1ccc(C)c(N(CC(=O)NC2CCCCCCC2)S(C)(=O)=O)c1. The first-order valence-corrected chi connectivity index (χ1v) is 11.0. The highest BCUT2D eigenvalue weighted by molar-refractivity contribution is 7.92. The quantitative estimate of drug-likeness (QED) is 0.869. The summed E-state index contributed by atoms with van der Waals surface area (Å²) in [6.45, 7) is 3.61. The van der Waals surface area contributed by atoms with Crippen LogP contribution < -0.4 is 9.62 Å². The topological polar surface area (TPSA) is 66.5 Å². The van der Waals surface area contributed by atoms with E-state index in [2.05, 4.69) is 5.32 Å². The molecule has 1 aromatic rings. The molecule has 0 unspecified atom stereocenters. The first-order valence-electron chi connectivity index (χ1n) is 9.11. The Kier molecular flexibility index (Phi) is 6.87. The van der Waals surface area contributed by atoms with Crippen LogP contribution in [0.4, 0.5) is 5.69 Å². The summed E-state index contributed by atoms with van der Waals surface area (Å²) in [5, 5.41) is 3.05. The van der Waals surface area contributed by atoms with Crippen molar-refractivity contribution in [3.8, 4) is 0 Å². The highest BCUT2D eigenvalue weighted by Crippen LogP contribution is 2.24. The number of amides is 1. The number of benzene rings is 1. The molecule has 0 heterocycles. The van der Waals surface area contributed by atoms with E-state index in [1.807, 2.05) is 32.0 Å². The van der Waals surface area contributed by atoms with Gasteiger partial charge < -0.3 is 5.32 Å². The van der Waals surface area contributed by atoms with Crippen molar-refractivity contribution in [1.82, 2.24) is 5.32 Å². The van der Waals surface area contributed by atoms with Gasteiger partial charge in [0.05, 0.1) is 11.9 Å². The zero-order valence-corrected chi connectivity index (χ0v) is 16.4.